The molecule has 2 heterocycles. The van der Waals surface area contributed by atoms with Crippen molar-refractivity contribution in [3.05, 3.63) is 81.9 Å². The first-order valence-electron chi connectivity index (χ1n) is 11.8. The average molecular weight is 465 g/mol. The lowest BCUT2D eigenvalue weighted by molar-refractivity contribution is -0.133. The van der Waals surface area contributed by atoms with Gasteiger partial charge in [-0.1, -0.05) is 55.7 Å². The molecule has 0 spiro atoms. The van der Waals surface area contributed by atoms with Crippen molar-refractivity contribution in [1.82, 2.24) is 9.80 Å². The second kappa shape index (κ2) is 11.3. The molecule has 3 aromatic rings. The van der Waals surface area contributed by atoms with Gasteiger partial charge in [-0.25, -0.2) is 0 Å². The summed E-state index contributed by atoms with van der Waals surface area (Å²) in [5.74, 6) is 1.54. The largest absolute Gasteiger partial charge is 0.464 e. The molecule has 33 heavy (non-hydrogen) atoms. The number of nitrogens with zero attached hydrogens (tertiary/aromatic N) is 2. The van der Waals surface area contributed by atoms with Crippen LogP contribution in [0.15, 0.2) is 64.4 Å². The highest BCUT2D eigenvalue weighted by Gasteiger charge is 2.30. The zero-order valence-corrected chi connectivity index (χ0v) is 20.1. The normalized spacial score (nSPS) is 14.2. The Kier molecular flexibility index (Phi) is 8.00. The molecule has 0 saturated heterocycles. The first-order valence-corrected chi connectivity index (χ1v) is 12.7. The van der Waals surface area contributed by atoms with Crippen molar-refractivity contribution < 1.29 is 14.0 Å². The number of amides is 2. The highest BCUT2D eigenvalue weighted by atomic mass is 32.1. The Morgan fingerprint density at radius 1 is 1.00 bits per heavy atom. The van der Waals surface area contributed by atoms with E-state index in [0.717, 1.165) is 43.6 Å². The van der Waals surface area contributed by atoms with Crippen LogP contribution in [0.4, 0.5) is 0 Å². The quantitative estimate of drug-likeness (QED) is 0.408. The van der Waals surface area contributed by atoms with E-state index in [9.17, 15) is 9.59 Å². The van der Waals surface area contributed by atoms with Crippen LogP contribution in [-0.2, 0) is 17.8 Å². The fourth-order valence-corrected chi connectivity index (χ4v) is 5.18. The lowest BCUT2D eigenvalue weighted by Gasteiger charge is -2.35. The summed E-state index contributed by atoms with van der Waals surface area (Å²) in [5, 5.41) is 1.92. The van der Waals surface area contributed by atoms with Crippen molar-refractivity contribution in [2.45, 2.75) is 58.0 Å². The van der Waals surface area contributed by atoms with Crippen LogP contribution in [0.25, 0.3) is 0 Å². The van der Waals surface area contributed by atoms with Crippen molar-refractivity contribution in [3.8, 4) is 0 Å². The Morgan fingerprint density at radius 3 is 2.45 bits per heavy atom. The smallest absolute Gasteiger partial charge is 0.264 e. The van der Waals surface area contributed by atoms with Crippen LogP contribution in [0, 0.1) is 6.92 Å². The standard InChI is InChI=1S/C27H32N2O3S/c1-21-14-15-24(32-21)19-28(17-16-22-9-4-2-5-10-22)26(30)20-29(23-11-6-3-7-12-23)27(31)25-13-8-18-33-25/h2,4-5,8-10,13-15,18,23H,3,6-7,11-12,16-17,19-20H2,1H3. The van der Waals surface area contributed by atoms with Gasteiger partial charge in [0.1, 0.15) is 18.1 Å². The molecule has 2 aromatic heterocycles. The van der Waals surface area contributed by atoms with Crippen molar-refractivity contribution in [3.63, 3.8) is 0 Å². The van der Waals surface area contributed by atoms with Crippen molar-refractivity contribution in [1.29, 1.82) is 0 Å². The van der Waals surface area contributed by atoms with E-state index in [1.165, 1.54) is 23.3 Å². The van der Waals surface area contributed by atoms with Crippen LogP contribution in [0.2, 0.25) is 0 Å². The van der Waals surface area contributed by atoms with Gasteiger partial charge in [0.25, 0.3) is 5.91 Å². The Balaban J connectivity index is 1.51. The minimum atomic E-state index is -0.0320. The lowest BCUT2D eigenvalue weighted by atomic mass is 9.94. The Bertz CT molecular complexity index is 1020. The number of aryl methyl sites for hydroxylation is 1. The fourth-order valence-electron chi connectivity index (χ4n) is 4.51. The van der Waals surface area contributed by atoms with Crippen LogP contribution in [0.3, 0.4) is 0 Å². The molecule has 1 aliphatic carbocycles. The summed E-state index contributed by atoms with van der Waals surface area (Å²) in [4.78, 5) is 31.3. The summed E-state index contributed by atoms with van der Waals surface area (Å²) in [6.45, 7) is 3.00. The van der Waals surface area contributed by atoms with Crippen molar-refractivity contribution in [2.24, 2.45) is 0 Å². The zero-order valence-electron chi connectivity index (χ0n) is 19.2. The van der Waals surface area contributed by atoms with Crippen molar-refractivity contribution >= 4 is 23.2 Å². The van der Waals surface area contributed by atoms with E-state index in [0.29, 0.717) is 18.0 Å². The van der Waals surface area contributed by atoms with Crippen LogP contribution in [0.5, 0.6) is 0 Å². The monoisotopic (exact) mass is 464 g/mol. The molecule has 174 valence electrons. The highest BCUT2D eigenvalue weighted by molar-refractivity contribution is 7.12. The third kappa shape index (κ3) is 6.35. The van der Waals surface area contributed by atoms with Crippen LogP contribution in [-0.4, -0.2) is 40.7 Å². The number of carbonyl (C=O) groups excluding carboxylic acids is 2. The number of hydrogen-bond donors (Lipinski definition) is 0. The molecular weight excluding hydrogens is 432 g/mol. The number of carbonyl (C=O) groups is 2. The van der Waals surface area contributed by atoms with Gasteiger partial charge in [0.05, 0.1) is 11.4 Å². The molecular formula is C27H32N2O3S. The second-order valence-electron chi connectivity index (χ2n) is 8.77. The molecule has 0 bridgehead atoms. The number of rotatable bonds is 9. The van der Waals surface area contributed by atoms with E-state index in [1.54, 1.807) is 0 Å². The number of thiophene rings is 1. The second-order valence-corrected chi connectivity index (χ2v) is 9.71. The van der Waals surface area contributed by atoms with Crippen LogP contribution in [0.1, 0.15) is 58.9 Å². The van der Waals surface area contributed by atoms with Gasteiger partial charge >= 0.3 is 0 Å². The van der Waals surface area contributed by atoms with Gasteiger partial charge in [-0.15, -0.1) is 11.3 Å². The predicted molar refractivity (Wildman–Crippen MR) is 131 cm³/mol. The highest BCUT2D eigenvalue weighted by Crippen LogP contribution is 2.25. The van der Waals surface area contributed by atoms with Gasteiger partial charge in [-0.2, -0.15) is 0 Å². The van der Waals surface area contributed by atoms with Gasteiger partial charge < -0.3 is 14.2 Å². The number of hydrogen-bond acceptors (Lipinski definition) is 4. The molecule has 6 heteroatoms. The van der Waals surface area contributed by atoms with E-state index < -0.39 is 0 Å². The maximum atomic E-state index is 13.6. The molecule has 1 fully saturated rings. The Hall–Kier alpha value is -2.86. The van der Waals surface area contributed by atoms with Gasteiger partial charge in [0.2, 0.25) is 5.91 Å². The van der Waals surface area contributed by atoms with E-state index in [1.807, 2.05) is 64.6 Å². The van der Waals surface area contributed by atoms with Gasteiger partial charge in [-0.3, -0.25) is 9.59 Å². The van der Waals surface area contributed by atoms with Gasteiger partial charge in [0.15, 0.2) is 0 Å². The third-order valence-electron chi connectivity index (χ3n) is 6.32. The first-order chi connectivity index (χ1) is 16.1. The molecule has 0 unspecified atom stereocenters. The molecule has 0 N–H and O–H groups in total. The molecule has 1 aromatic carbocycles. The molecule has 1 saturated carbocycles. The van der Waals surface area contributed by atoms with E-state index in [4.69, 9.17) is 4.42 Å². The molecule has 0 atom stereocenters. The van der Waals surface area contributed by atoms with Crippen LogP contribution >= 0.6 is 11.3 Å². The lowest BCUT2D eigenvalue weighted by Crippen LogP contribution is -2.48. The molecule has 1 aliphatic rings. The van der Waals surface area contributed by atoms with Gasteiger partial charge in [-0.05, 0) is 55.3 Å². The molecule has 2 amide bonds. The molecule has 4 rings (SSSR count). The average Bonchev–Trinajstić information content (AvgIpc) is 3.53. The summed E-state index contributed by atoms with van der Waals surface area (Å²) >= 11 is 1.44. The maximum absolute atomic E-state index is 13.6. The summed E-state index contributed by atoms with van der Waals surface area (Å²) in [6.07, 6.45) is 6.10. The summed E-state index contributed by atoms with van der Waals surface area (Å²) in [5.41, 5.74) is 1.18. The zero-order chi connectivity index (χ0) is 23.0. The Labute approximate surface area is 200 Å². The maximum Gasteiger partial charge on any atom is 0.264 e. The molecule has 0 radical (unpaired) electrons. The minimum absolute atomic E-state index is 0.0258. The third-order valence-corrected chi connectivity index (χ3v) is 7.18. The number of furan rings is 1. The SMILES string of the molecule is Cc1ccc(CN(CCc2ccccc2)C(=O)CN(C(=O)c2cccs2)C2CCCCC2)o1. The number of benzene rings is 1. The minimum Gasteiger partial charge on any atom is -0.464 e. The predicted octanol–water partition coefficient (Wildman–Crippen LogP) is 5.70. The summed E-state index contributed by atoms with van der Waals surface area (Å²) in [6, 6.07) is 17.9. The summed E-state index contributed by atoms with van der Waals surface area (Å²) in [7, 11) is 0. The van der Waals surface area contributed by atoms with E-state index in [-0.39, 0.29) is 24.4 Å². The van der Waals surface area contributed by atoms with Crippen LogP contribution < -0.4 is 0 Å². The fraction of sp³-hybridized carbons (Fsp3) is 0.407. The topological polar surface area (TPSA) is 53.8 Å². The molecule has 0 aliphatic heterocycles. The Morgan fingerprint density at radius 2 is 1.79 bits per heavy atom. The van der Waals surface area contributed by atoms with E-state index in [2.05, 4.69) is 12.1 Å². The van der Waals surface area contributed by atoms with E-state index >= 15 is 0 Å². The summed E-state index contributed by atoms with van der Waals surface area (Å²) < 4.78 is 5.77. The molecule has 5 nitrogen and oxygen atoms in total. The van der Waals surface area contributed by atoms with Crippen molar-refractivity contribution in [2.75, 3.05) is 13.1 Å². The van der Waals surface area contributed by atoms with Gasteiger partial charge in [0, 0.05) is 12.6 Å². The first kappa shape index (κ1) is 23.3.